The predicted octanol–water partition coefficient (Wildman–Crippen LogP) is 1.69. The lowest BCUT2D eigenvalue weighted by atomic mass is 9.85. The predicted molar refractivity (Wildman–Crippen MR) is 60.9 cm³/mol. The minimum atomic E-state index is -0.150. The fourth-order valence-corrected chi connectivity index (χ4v) is 1.12. The van der Waals surface area contributed by atoms with Crippen LogP contribution >= 0.6 is 0 Å². The van der Waals surface area contributed by atoms with Crippen LogP contribution in [-0.4, -0.2) is 23.3 Å². The fourth-order valence-electron chi connectivity index (χ4n) is 1.12. The Bertz CT molecular complexity index is 330. The zero-order valence-corrected chi connectivity index (χ0v) is 10.7. The van der Waals surface area contributed by atoms with Gasteiger partial charge in [0.2, 0.25) is 5.89 Å². The van der Waals surface area contributed by atoms with E-state index in [4.69, 9.17) is 15.0 Å². The van der Waals surface area contributed by atoms with Gasteiger partial charge in [0.25, 0.3) is 0 Å². The average molecular weight is 227 g/mol. The quantitative estimate of drug-likeness (QED) is 0.847. The molecule has 0 saturated carbocycles. The number of nitrogens with two attached hydrogens (primary N) is 1. The second-order valence-corrected chi connectivity index (χ2v) is 5.10. The molecule has 2 N–H and O–H groups in total. The zero-order valence-electron chi connectivity index (χ0n) is 10.7. The molecular formula is C11H21N3O2. The first-order chi connectivity index (χ1) is 7.34. The number of hydrogen-bond donors (Lipinski definition) is 1. The van der Waals surface area contributed by atoms with E-state index < -0.39 is 0 Å². The number of aromatic nitrogens is 2. The van der Waals surface area contributed by atoms with Crippen LogP contribution in [0, 0.1) is 5.41 Å². The average Bonchev–Trinajstić information content (AvgIpc) is 2.63. The first kappa shape index (κ1) is 13.1. The van der Waals surface area contributed by atoms with Gasteiger partial charge in [-0.3, -0.25) is 0 Å². The van der Waals surface area contributed by atoms with Gasteiger partial charge in [-0.25, -0.2) is 0 Å². The van der Waals surface area contributed by atoms with Crippen molar-refractivity contribution < 1.29 is 9.26 Å². The molecule has 1 aromatic rings. The van der Waals surface area contributed by atoms with Gasteiger partial charge in [0, 0.05) is 19.6 Å². The van der Waals surface area contributed by atoms with Crippen LogP contribution in [0.25, 0.3) is 0 Å². The lowest BCUT2D eigenvalue weighted by Gasteiger charge is -2.25. The molecule has 0 aliphatic rings. The maximum atomic E-state index is 6.04. The summed E-state index contributed by atoms with van der Waals surface area (Å²) in [6.45, 7) is 8.14. The minimum Gasteiger partial charge on any atom is -0.374 e. The lowest BCUT2D eigenvalue weighted by molar-refractivity contribution is 0.109. The van der Waals surface area contributed by atoms with E-state index in [9.17, 15) is 0 Å². The van der Waals surface area contributed by atoms with Crippen molar-refractivity contribution in [2.75, 3.05) is 7.11 Å². The molecular weight excluding hydrogens is 206 g/mol. The van der Waals surface area contributed by atoms with Crippen LogP contribution in [-0.2, 0) is 11.2 Å². The number of hydrogen-bond acceptors (Lipinski definition) is 5. The molecule has 5 nitrogen and oxygen atoms in total. The third-order valence-electron chi connectivity index (χ3n) is 2.71. The Balaban J connectivity index is 2.66. The number of methoxy groups -OCH3 is 1. The first-order valence-corrected chi connectivity index (χ1v) is 5.45. The standard InChI is InChI=1S/C11H21N3O2/c1-7(15-5)10-13-9(16-14-10)6-8(12)11(2,3)4/h7-8H,6,12H2,1-5H3. The Hall–Kier alpha value is -0.940. The van der Waals surface area contributed by atoms with Crippen molar-refractivity contribution in [1.82, 2.24) is 10.1 Å². The van der Waals surface area contributed by atoms with Gasteiger partial charge in [-0.05, 0) is 12.3 Å². The summed E-state index contributed by atoms with van der Waals surface area (Å²) in [7, 11) is 1.61. The maximum absolute atomic E-state index is 6.04. The second kappa shape index (κ2) is 4.93. The fraction of sp³-hybridized carbons (Fsp3) is 0.818. The third-order valence-corrected chi connectivity index (χ3v) is 2.71. The van der Waals surface area contributed by atoms with Gasteiger partial charge in [-0.1, -0.05) is 25.9 Å². The Morgan fingerprint density at radius 2 is 2.06 bits per heavy atom. The summed E-state index contributed by atoms with van der Waals surface area (Å²) in [6, 6.07) is -0.00125. The van der Waals surface area contributed by atoms with E-state index >= 15 is 0 Å². The van der Waals surface area contributed by atoms with E-state index in [1.165, 1.54) is 0 Å². The summed E-state index contributed by atoms with van der Waals surface area (Å²) in [4.78, 5) is 4.25. The summed E-state index contributed by atoms with van der Waals surface area (Å²) in [5.74, 6) is 1.14. The van der Waals surface area contributed by atoms with Crippen molar-refractivity contribution >= 4 is 0 Å². The Labute approximate surface area is 96.4 Å². The largest absolute Gasteiger partial charge is 0.374 e. The Kier molecular flexibility index (Phi) is 4.04. The van der Waals surface area contributed by atoms with Crippen molar-refractivity contribution in [2.45, 2.75) is 46.3 Å². The molecule has 0 aliphatic heterocycles. The van der Waals surface area contributed by atoms with E-state index in [0.717, 1.165) is 0 Å². The van der Waals surface area contributed by atoms with Crippen molar-refractivity contribution in [3.63, 3.8) is 0 Å². The second-order valence-electron chi connectivity index (χ2n) is 5.10. The molecule has 0 fully saturated rings. The van der Waals surface area contributed by atoms with Crippen molar-refractivity contribution in [1.29, 1.82) is 0 Å². The van der Waals surface area contributed by atoms with Gasteiger partial charge in [0.05, 0.1) is 0 Å². The molecule has 5 heteroatoms. The van der Waals surface area contributed by atoms with Crippen LogP contribution in [0.2, 0.25) is 0 Å². The van der Waals surface area contributed by atoms with Gasteiger partial charge in [0.1, 0.15) is 6.10 Å². The molecule has 0 amide bonds. The van der Waals surface area contributed by atoms with Gasteiger partial charge in [0.15, 0.2) is 5.82 Å². The lowest BCUT2D eigenvalue weighted by Crippen LogP contribution is -2.37. The first-order valence-electron chi connectivity index (χ1n) is 5.45. The van der Waals surface area contributed by atoms with Crippen molar-refractivity contribution in [3.8, 4) is 0 Å². The highest BCUT2D eigenvalue weighted by atomic mass is 16.5. The highest BCUT2D eigenvalue weighted by Gasteiger charge is 2.23. The molecule has 92 valence electrons. The third kappa shape index (κ3) is 3.28. The zero-order chi connectivity index (χ0) is 12.3. The molecule has 2 atom stereocenters. The monoisotopic (exact) mass is 227 g/mol. The van der Waals surface area contributed by atoms with Gasteiger partial charge in [-0.2, -0.15) is 4.98 Å². The number of ether oxygens (including phenoxy) is 1. The molecule has 1 aromatic heterocycles. The normalized spacial score (nSPS) is 16.1. The molecule has 0 aliphatic carbocycles. The van der Waals surface area contributed by atoms with E-state index in [-0.39, 0.29) is 17.6 Å². The molecule has 0 spiro atoms. The molecule has 0 aromatic carbocycles. The molecule has 16 heavy (non-hydrogen) atoms. The SMILES string of the molecule is COC(C)c1noc(CC(N)C(C)(C)C)n1. The van der Waals surface area contributed by atoms with Crippen molar-refractivity contribution in [3.05, 3.63) is 11.7 Å². The van der Waals surface area contributed by atoms with E-state index in [1.807, 2.05) is 6.92 Å². The summed E-state index contributed by atoms with van der Waals surface area (Å²) < 4.78 is 10.2. The Morgan fingerprint density at radius 3 is 2.56 bits per heavy atom. The summed E-state index contributed by atoms with van der Waals surface area (Å²) in [5.41, 5.74) is 6.07. The van der Waals surface area contributed by atoms with Crippen LogP contribution in [0.15, 0.2) is 4.52 Å². The molecule has 0 bridgehead atoms. The molecule has 0 radical (unpaired) electrons. The van der Waals surface area contributed by atoms with Crippen LogP contribution < -0.4 is 5.73 Å². The van der Waals surface area contributed by atoms with Crippen LogP contribution in [0.3, 0.4) is 0 Å². The molecule has 2 unspecified atom stereocenters. The number of rotatable bonds is 4. The van der Waals surface area contributed by atoms with E-state index in [2.05, 4.69) is 30.9 Å². The highest BCUT2D eigenvalue weighted by Crippen LogP contribution is 2.20. The van der Waals surface area contributed by atoms with Crippen molar-refractivity contribution in [2.24, 2.45) is 11.1 Å². The summed E-state index contributed by atoms with van der Waals surface area (Å²) in [6.07, 6.45) is 0.441. The maximum Gasteiger partial charge on any atom is 0.228 e. The highest BCUT2D eigenvalue weighted by molar-refractivity contribution is 4.93. The van der Waals surface area contributed by atoms with Gasteiger partial charge in [-0.15, -0.1) is 0 Å². The van der Waals surface area contributed by atoms with Crippen LogP contribution in [0.4, 0.5) is 0 Å². The van der Waals surface area contributed by atoms with Crippen LogP contribution in [0.5, 0.6) is 0 Å². The minimum absolute atomic E-state index is 0.00125. The smallest absolute Gasteiger partial charge is 0.228 e. The summed E-state index contributed by atoms with van der Waals surface area (Å²) >= 11 is 0. The number of nitrogens with zero attached hydrogens (tertiary/aromatic N) is 2. The van der Waals surface area contributed by atoms with Crippen LogP contribution in [0.1, 0.15) is 45.5 Å². The van der Waals surface area contributed by atoms with E-state index in [0.29, 0.717) is 18.1 Å². The molecule has 1 heterocycles. The van der Waals surface area contributed by atoms with Gasteiger partial charge < -0.3 is 15.0 Å². The molecule has 0 saturated heterocycles. The summed E-state index contributed by atoms with van der Waals surface area (Å²) in [5, 5.41) is 3.86. The van der Waals surface area contributed by atoms with E-state index in [1.54, 1.807) is 7.11 Å². The van der Waals surface area contributed by atoms with Gasteiger partial charge >= 0.3 is 0 Å². The topological polar surface area (TPSA) is 74.2 Å². The Morgan fingerprint density at radius 1 is 1.44 bits per heavy atom. The molecule has 1 rings (SSSR count).